The van der Waals surface area contributed by atoms with Gasteiger partial charge in [0.2, 0.25) is 5.91 Å². The molecule has 25 heavy (non-hydrogen) atoms. The van der Waals surface area contributed by atoms with Gasteiger partial charge in [0.15, 0.2) is 0 Å². The summed E-state index contributed by atoms with van der Waals surface area (Å²) in [7, 11) is 0. The third-order valence-corrected chi connectivity index (χ3v) is 4.32. The van der Waals surface area contributed by atoms with Crippen molar-refractivity contribution in [3.63, 3.8) is 0 Å². The minimum Gasteiger partial charge on any atom is -0.444 e. The van der Waals surface area contributed by atoms with Gasteiger partial charge in [-0.15, -0.1) is 0 Å². The number of likely N-dealkylation sites (tertiary alicyclic amines) is 1. The summed E-state index contributed by atoms with van der Waals surface area (Å²) < 4.78 is 5.40. The van der Waals surface area contributed by atoms with Crippen LogP contribution in [0, 0.1) is 5.92 Å². The summed E-state index contributed by atoms with van der Waals surface area (Å²) in [6.45, 7) is 7.16. The monoisotopic (exact) mass is 366 g/mol. The topological polar surface area (TPSA) is 58.6 Å². The van der Waals surface area contributed by atoms with Crippen LogP contribution >= 0.6 is 11.6 Å². The Bertz CT molecular complexity index is 596. The Hall–Kier alpha value is -1.75. The van der Waals surface area contributed by atoms with Gasteiger partial charge < -0.3 is 15.0 Å². The summed E-state index contributed by atoms with van der Waals surface area (Å²) in [6.07, 6.45) is 2.03. The van der Waals surface area contributed by atoms with Gasteiger partial charge in [0.25, 0.3) is 0 Å². The molecule has 1 N–H and O–H groups in total. The molecule has 1 aromatic rings. The predicted octanol–water partition coefficient (Wildman–Crippen LogP) is 3.65. The molecule has 1 aliphatic heterocycles. The molecule has 1 aliphatic rings. The maximum Gasteiger partial charge on any atom is 0.410 e. The SMILES string of the molecule is CC(C)(C)OC(=O)N1CCC[C@H](C(=O)NCCc2ccc(Cl)cc2)C1. The highest BCUT2D eigenvalue weighted by Crippen LogP contribution is 2.19. The van der Waals surface area contributed by atoms with E-state index >= 15 is 0 Å². The second-order valence-corrected chi connectivity index (χ2v) is 7.87. The molecular weight excluding hydrogens is 340 g/mol. The maximum absolute atomic E-state index is 12.4. The molecule has 2 amide bonds. The number of nitrogens with one attached hydrogen (secondary N) is 1. The van der Waals surface area contributed by atoms with E-state index in [-0.39, 0.29) is 17.9 Å². The number of rotatable bonds is 4. The van der Waals surface area contributed by atoms with Gasteiger partial charge in [0.1, 0.15) is 5.60 Å². The van der Waals surface area contributed by atoms with Crippen LogP contribution in [0.25, 0.3) is 0 Å². The van der Waals surface area contributed by atoms with Crippen LogP contribution in [-0.2, 0) is 16.0 Å². The minimum absolute atomic E-state index is 0.00206. The number of carbonyl (C=O) groups is 2. The van der Waals surface area contributed by atoms with Crippen molar-refractivity contribution in [1.82, 2.24) is 10.2 Å². The van der Waals surface area contributed by atoms with E-state index in [2.05, 4.69) is 5.32 Å². The summed E-state index contributed by atoms with van der Waals surface area (Å²) in [5, 5.41) is 3.68. The van der Waals surface area contributed by atoms with Crippen LogP contribution in [0.3, 0.4) is 0 Å². The van der Waals surface area contributed by atoms with E-state index in [0.29, 0.717) is 24.7 Å². The maximum atomic E-state index is 12.4. The van der Waals surface area contributed by atoms with Gasteiger partial charge in [-0.1, -0.05) is 23.7 Å². The Labute approximate surface area is 154 Å². The fourth-order valence-corrected chi connectivity index (χ4v) is 2.93. The Morgan fingerprint density at radius 2 is 1.96 bits per heavy atom. The highest BCUT2D eigenvalue weighted by molar-refractivity contribution is 6.30. The third-order valence-electron chi connectivity index (χ3n) is 4.07. The molecule has 6 heteroatoms. The first-order valence-corrected chi connectivity index (χ1v) is 9.12. The quantitative estimate of drug-likeness (QED) is 0.884. The van der Waals surface area contributed by atoms with Crippen molar-refractivity contribution in [3.8, 4) is 0 Å². The predicted molar refractivity (Wildman–Crippen MR) is 98.7 cm³/mol. The van der Waals surface area contributed by atoms with Crippen LogP contribution in [0.4, 0.5) is 4.79 Å². The number of hydrogen-bond donors (Lipinski definition) is 1. The number of nitrogens with zero attached hydrogens (tertiary/aromatic N) is 1. The molecule has 2 rings (SSSR count). The van der Waals surface area contributed by atoms with Crippen LogP contribution in [-0.4, -0.2) is 42.1 Å². The fourth-order valence-electron chi connectivity index (χ4n) is 2.81. The number of hydrogen-bond acceptors (Lipinski definition) is 3. The molecular formula is C19H27ClN2O3. The average molecular weight is 367 g/mol. The lowest BCUT2D eigenvalue weighted by molar-refractivity contribution is -0.126. The highest BCUT2D eigenvalue weighted by Gasteiger charge is 2.30. The van der Waals surface area contributed by atoms with Gasteiger partial charge in [0, 0.05) is 24.7 Å². The van der Waals surface area contributed by atoms with Crippen LogP contribution in [0.2, 0.25) is 5.02 Å². The first kappa shape index (κ1) is 19.6. The van der Waals surface area contributed by atoms with E-state index in [4.69, 9.17) is 16.3 Å². The van der Waals surface area contributed by atoms with Crippen LogP contribution in [0.15, 0.2) is 24.3 Å². The second-order valence-electron chi connectivity index (χ2n) is 7.43. The van der Waals surface area contributed by atoms with E-state index in [9.17, 15) is 9.59 Å². The summed E-state index contributed by atoms with van der Waals surface area (Å²) in [5.41, 5.74) is 0.605. The van der Waals surface area contributed by atoms with E-state index in [1.165, 1.54) is 0 Å². The summed E-state index contributed by atoms with van der Waals surface area (Å²) in [4.78, 5) is 26.2. The fraction of sp³-hybridized carbons (Fsp3) is 0.579. The third kappa shape index (κ3) is 6.58. The van der Waals surface area contributed by atoms with Crippen molar-refractivity contribution in [1.29, 1.82) is 0 Å². The number of piperidine rings is 1. The molecule has 0 bridgehead atoms. The second kappa shape index (κ2) is 8.56. The lowest BCUT2D eigenvalue weighted by Crippen LogP contribution is -2.47. The van der Waals surface area contributed by atoms with E-state index in [1.807, 2.05) is 45.0 Å². The highest BCUT2D eigenvalue weighted by atomic mass is 35.5. The molecule has 0 unspecified atom stereocenters. The average Bonchev–Trinajstić information content (AvgIpc) is 2.55. The first-order chi connectivity index (χ1) is 11.7. The van der Waals surface area contributed by atoms with Gasteiger partial charge in [0.05, 0.1) is 5.92 Å². The Balaban J connectivity index is 1.78. The van der Waals surface area contributed by atoms with Gasteiger partial charge >= 0.3 is 6.09 Å². The van der Waals surface area contributed by atoms with Gasteiger partial charge in [-0.25, -0.2) is 4.79 Å². The zero-order valence-corrected chi connectivity index (χ0v) is 15.9. The zero-order valence-electron chi connectivity index (χ0n) is 15.2. The molecule has 0 aliphatic carbocycles. The Morgan fingerprint density at radius 3 is 2.60 bits per heavy atom. The van der Waals surface area contributed by atoms with E-state index < -0.39 is 5.60 Å². The van der Waals surface area contributed by atoms with Crippen molar-refractivity contribution in [3.05, 3.63) is 34.9 Å². The number of benzene rings is 1. The van der Waals surface area contributed by atoms with E-state index in [1.54, 1.807) is 4.90 Å². The number of halogens is 1. The van der Waals surface area contributed by atoms with Crippen molar-refractivity contribution < 1.29 is 14.3 Å². The Kier molecular flexibility index (Phi) is 6.71. The lowest BCUT2D eigenvalue weighted by atomic mass is 9.97. The number of ether oxygens (including phenoxy) is 1. The normalized spacial score (nSPS) is 17.9. The van der Waals surface area contributed by atoms with Gasteiger partial charge in [-0.2, -0.15) is 0 Å². The molecule has 1 saturated heterocycles. The minimum atomic E-state index is -0.523. The van der Waals surface area contributed by atoms with E-state index in [0.717, 1.165) is 24.8 Å². The molecule has 1 atom stereocenters. The molecule has 1 heterocycles. The van der Waals surface area contributed by atoms with Crippen LogP contribution in [0.1, 0.15) is 39.2 Å². The van der Waals surface area contributed by atoms with Gasteiger partial charge in [-0.05, 0) is 57.7 Å². The van der Waals surface area contributed by atoms with Crippen molar-refractivity contribution in [2.75, 3.05) is 19.6 Å². The van der Waals surface area contributed by atoms with Crippen LogP contribution < -0.4 is 5.32 Å². The zero-order chi connectivity index (χ0) is 18.4. The number of carbonyl (C=O) groups excluding carboxylic acids is 2. The molecule has 1 fully saturated rings. The summed E-state index contributed by atoms with van der Waals surface area (Å²) in [5.74, 6) is -0.172. The molecule has 138 valence electrons. The van der Waals surface area contributed by atoms with Crippen molar-refractivity contribution in [2.24, 2.45) is 5.92 Å². The summed E-state index contributed by atoms with van der Waals surface area (Å²) in [6, 6.07) is 7.61. The molecule has 0 radical (unpaired) electrons. The van der Waals surface area contributed by atoms with Crippen molar-refractivity contribution in [2.45, 2.75) is 45.6 Å². The molecule has 1 aromatic carbocycles. The molecule has 0 spiro atoms. The summed E-state index contributed by atoms with van der Waals surface area (Å²) >= 11 is 5.86. The molecule has 5 nitrogen and oxygen atoms in total. The van der Waals surface area contributed by atoms with Crippen LogP contribution in [0.5, 0.6) is 0 Å². The first-order valence-electron chi connectivity index (χ1n) is 8.75. The molecule has 0 saturated carbocycles. The van der Waals surface area contributed by atoms with Gasteiger partial charge in [-0.3, -0.25) is 4.79 Å². The van der Waals surface area contributed by atoms with Crippen molar-refractivity contribution >= 4 is 23.6 Å². The lowest BCUT2D eigenvalue weighted by Gasteiger charge is -2.33. The largest absolute Gasteiger partial charge is 0.444 e. The number of amides is 2. The Morgan fingerprint density at radius 1 is 1.28 bits per heavy atom. The standard InChI is InChI=1S/C19H27ClN2O3/c1-19(2,3)25-18(24)22-12-4-5-15(13-22)17(23)21-11-10-14-6-8-16(20)9-7-14/h6-9,15H,4-5,10-13H2,1-3H3,(H,21,23)/t15-/m0/s1. The smallest absolute Gasteiger partial charge is 0.410 e. The molecule has 0 aromatic heterocycles.